The van der Waals surface area contributed by atoms with Crippen molar-refractivity contribution >= 4 is 37.5 Å². The molecule has 0 aromatic carbocycles. The monoisotopic (exact) mass is 402 g/mol. The lowest BCUT2D eigenvalue weighted by Gasteiger charge is -2.11. The highest BCUT2D eigenvalue weighted by Gasteiger charge is 2.15. The minimum atomic E-state index is -0.0946. The van der Waals surface area contributed by atoms with Gasteiger partial charge in [0.1, 0.15) is 0 Å². The molecule has 0 atom stereocenters. The molecular formula is C13H16Br2N4O. The predicted molar refractivity (Wildman–Crippen MR) is 86.9 cm³/mol. The van der Waals surface area contributed by atoms with Crippen molar-refractivity contribution in [3.05, 3.63) is 42.4 Å². The molecule has 5 nitrogen and oxygen atoms in total. The molecule has 0 radical (unpaired) electrons. The summed E-state index contributed by atoms with van der Waals surface area (Å²) in [5.41, 5.74) is 9.11. The van der Waals surface area contributed by atoms with Crippen molar-refractivity contribution in [3.63, 3.8) is 0 Å². The summed E-state index contributed by atoms with van der Waals surface area (Å²) < 4.78 is 4.84. The maximum atomic E-state index is 12.3. The third-order valence-corrected chi connectivity index (χ3v) is 5.18. The number of nitrogens with zero attached hydrogens (tertiary/aromatic N) is 3. The molecule has 20 heavy (non-hydrogen) atoms. The van der Waals surface area contributed by atoms with Gasteiger partial charge in [-0.05, 0) is 50.8 Å². The standard InChI is InChI=1S/C13H16Br2N4O/c1-4-9-12(15)10(18(3)17-9)6-19-5-8(16)7(2)11(14)13(19)20/h5H,4,6,16H2,1-3H3. The number of halogens is 2. The van der Waals surface area contributed by atoms with E-state index < -0.39 is 0 Å². The fraction of sp³-hybridized carbons (Fsp3) is 0.385. The second kappa shape index (κ2) is 5.73. The number of aromatic nitrogens is 3. The fourth-order valence-corrected chi connectivity index (χ4v) is 3.21. The van der Waals surface area contributed by atoms with Crippen LogP contribution in [0.2, 0.25) is 0 Å². The number of rotatable bonds is 3. The number of nitrogens with two attached hydrogens (primary N) is 1. The lowest BCUT2D eigenvalue weighted by atomic mass is 10.2. The summed E-state index contributed by atoms with van der Waals surface area (Å²) in [5.74, 6) is 0. The quantitative estimate of drug-likeness (QED) is 0.856. The van der Waals surface area contributed by atoms with Gasteiger partial charge in [-0.2, -0.15) is 5.10 Å². The minimum Gasteiger partial charge on any atom is -0.397 e. The topological polar surface area (TPSA) is 65.8 Å². The largest absolute Gasteiger partial charge is 0.397 e. The first-order chi connectivity index (χ1) is 9.36. The van der Waals surface area contributed by atoms with Crippen LogP contribution in [0.5, 0.6) is 0 Å². The van der Waals surface area contributed by atoms with E-state index in [4.69, 9.17) is 5.73 Å². The Morgan fingerprint density at radius 2 is 2.00 bits per heavy atom. The number of hydrogen-bond acceptors (Lipinski definition) is 3. The second-order valence-corrected chi connectivity index (χ2v) is 6.23. The van der Waals surface area contributed by atoms with Gasteiger partial charge in [0.2, 0.25) is 0 Å². The molecule has 0 aliphatic rings. The fourth-order valence-electron chi connectivity index (χ4n) is 2.01. The number of nitrogen functional groups attached to an aromatic ring is 1. The van der Waals surface area contributed by atoms with Crippen LogP contribution in [0.1, 0.15) is 23.9 Å². The van der Waals surface area contributed by atoms with E-state index in [9.17, 15) is 4.79 Å². The van der Waals surface area contributed by atoms with Crippen molar-refractivity contribution in [1.29, 1.82) is 0 Å². The Hall–Kier alpha value is -1.08. The molecule has 2 aromatic heterocycles. The Bertz CT molecular complexity index is 718. The van der Waals surface area contributed by atoms with Gasteiger partial charge in [-0.15, -0.1) is 0 Å². The Balaban J connectivity index is 2.51. The highest BCUT2D eigenvalue weighted by Crippen LogP contribution is 2.23. The third-order valence-electron chi connectivity index (χ3n) is 3.33. The predicted octanol–water partition coefficient (Wildman–Crippen LogP) is 2.61. The van der Waals surface area contributed by atoms with Crippen molar-refractivity contribution in [1.82, 2.24) is 14.3 Å². The van der Waals surface area contributed by atoms with Crippen LogP contribution in [0.15, 0.2) is 19.9 Å². The van der Waals surface area contributed by atoms with E-state index in [2.05, 4.69) is 37.0 Å². The van der Waals surface area contributed by atoms with E-state index in [0.29, 0.717) is 16.7 Å². The summed E-state index contributed by atoms with van der Waals surface area (Å²) in [7, 11) is 1.87. The lowest BCUT2D eigenvalue weighted by Crippen LogP contribution is -2.24. The molecule has 0 amide bonds. The molecule has 2 N–H and O–H groups in total. The van der Waals surface area contributed by atoms with Crippen molar-refractivity contribution in [2.45, 2.75) is 26.8 Å². The van der Waals surface area contributed by atoms with Gasteiger partial charge >= 0.3 is 0 Å². The highest BCUT2D eigenvalue weighted by atomic mass is 79.9. The zero-order valence-electron chi connectivity index (χ0n) is 11.6. The molecule has 0 spiro atoms. The SMILES string of the molecule is CCc1nn(C)c(Cn2cc(N)c(C)c(Br)c2=O)c1Br. The molecule has 0 saturated carbocycles. The van der Waals surface area contributed by atoms with Crippen LogP contribution in [0.25, 0.3) is 0 Å². The van der Waals surface area contributed by atoms with E-state index >= 15 is 0 Å². The summed E-state index contributed by atoms with van der Waals surface area (Å²) in [6.07, 6.45) is 2.51. The van der Waals surface area contributed by atoms with Gasteiger partial charge in [-0.3, -0.25) is 9.48 Å². The Morgan fingerprint density at radius 1 is 1.35 bits per heavy atom. The van der Waals surface area contributed by atoms with Gasteiger partial charge in [-0.25, -0.2) is 0 Å². The lowest BCUT2D eigenvalue weighted by molar-refractivity contribution is 0.646. The van der Waals surface area contributed by atoms with Crippen LogP contribution in [0, 0.1) is 6.92 Å². The van der Waals surface area contributed by atoms with Crippen LogP contribution >= 0.6 is 31.9 Å². The molecule has 0 unspecified atom stereocenters. The van der Waals surface area contributed by atoms with Crippen molar-refractivity contribution < 1.29 is 0 Å². The molecular weight excluding hydrogens is 388 g/mol. The van der Waals surface area contributed by atoms with Gasteiger partial charge in [0.15, 0.2) is 0 Å². The number of hydrogen-bond donors (Lipinski definition) is 1. The molecule has 0 aliphatic heterocycles. The van der Waals surface area contributed by atoms with Gasteiger partial charge in [0, 0.05) is 13.2 Å². The minimum absolute atomic E-state index is 0.0946. The van der Waals surface area contributed by atoms with Crippen LogP contribution in [0.4, 0.5) is 5.69 Å². The Kier molecular flexibility index (Phi) is 4.39. The molecule has 108 valence electrons. The summed E-state index contributed by atoms with van der Waals surface area (Å²) in [4.78, 5) is 12.3. The highest BCUT2D eigenvalue weighted by molar-refractivity contribution is 9.10. The van der Waals surface area contributed by atoms with Gasteiger partial charge in [0.05, 0.1) is 32.6 Å². The van der Waals surface area contributed by atoms with Crippen LogP contribution in [-0.4, -0.2) is 14.3 Å². The summed E-state index contributed by atoms with van der Waals surface area (Å²) in [6, 6.07) is 0. The number of anilines is 1. The molecule has 7 heteroatoms. The molecule has 0 bridgehead atoms. The Labute approximate surface area is 134 Å². The van der Waals surface area contributed by atoms with Crippen LogP contribution < -0.4 is 11.3 Å². The van der Waals surface area contributed by atoms with Crippen molar-refractivity contribution in [2.75, 3.05) is 5.73 Å². The summed E-state index contributed by atoms with van der Waals surface area (Å²) in [6.45, 7) is 4.29. The van der Waals surface area contributed by atoms with Gasteiger partial charge < -0.3 is 10.3 Å². The zero-order valence-corrected chi connectivity index (χ0v) is 14.7. The van der Waals surface area contributed by atoms with Crippen molar-refractivity contribution in [3.8, 4) is 0 Å². The zero-order chi connectivity index (χ0) is 15.0. The number of pyridine rings is 1. The van der Waals surface area contributed by atoms with Gasteiger partial charge in [-0.1, -0.05) is 6.92 Å². The average molecular weight is 404 g/mol. The third kappa shape index (κ3) is 2.56. The first-order valence-electron chi connectivity index (χ1n) is 6.22. The maximum Gasteiger partial charge on any atom is 0.265 e. The van der Waals surface area contributed by atoms with Crippen LogP contribution in [-0.2, 0) is 20.0 Å². The Morgan fingerprint density at radius 3 is 2.55 bits per heavy atom. The normalized spacial score (nSPS) is 11.1. The number of aryl methyl sites for hydroxylation is 2. The van der Waals surface area contributed by atoms with E-state index in [1.807, 2.05) is 20.9 Å². The molecule has 2 heterocycles. The molecule has 2 aromatic rings. The van der Waals surface area contributed by atoms with E-state index in [1.54, 1.807) is 15.4 Å². The second-order valence-electron chi connectivity index (χ2n) is 4.64. The molecule has 0 saturated heterocycles. The van der Waals surface area contributed by atoms with E-state index in [1.165, 1.54) is 0 Å². The maximum absolute atomic E-state index is 12.3. The van der Waals surface area contributed by atoms with Gasteiger partial charge in [0.25, 0.3) is 5.56 Å². The average Bonchev–Trinajstić information content (AvgIpc) is 2.69. The smallest absolute Gasteiger partial charge is 0.265 e. The first-order valence-corrected chi connectivity index (χ1v) is 7.80. The van der Waals surface area contributed by atoms with Crippen LogP contribution in [0.3, 0.4) is 0 Å². The van der Waals surface area contributed by atoms with E-state index in [-0.39, 0.29) is 5.56 Å². The van der Waals surface area contributed by atoms with Crippen molar-refractivity contribution in [2.24, 2.45) is 7.05 Å². The van der Waals surface area contributed by atoms with E-state index in [0.717, 1.165) is 27.8 Å². The molecule has 2 rings (SSSR count). The first kappa shape index (κ1) is 15.3. The summed E-state index contributed by atoms with van der Waals surface area (Å²) >= 11 is 6.86. The molecule has 0 aliphatic carbocycles. The summed E-state index contributed by atoms with van der Waals surface area (Å²) in [5, 5.41) is 4.43. The molecule has 0 fully saturated rings.